The topological polar surface area (TPSA) is 35.6 Å². The van der Waals surface area contributed by atoms with Gasteiger partial charge >= 0.3 is 6.03 Å². The van der Waals surface area contributed by atoms with Crippen molar-refractivity contribution in [2.24, 2.45) is 5.41 Å². The van der Waals surface area contributed by atoms with Crippen molar-refractivity contribution in [3.8, 4) is 0 Å². The fourth-order valence-corrected chi connectivity index (χ4v) is 2.76. The summed E-state index contributed by atoms with van der Waals surface area (Å²) in [7, 11) is 3.86. The van der Waals surface area contributed by atoms with Crippen LogP contribution in [-0.2, 0) is 0 Å². The molecule has 2 heterocycles. The highest BCUT2D eigenvalue weighted by Gasteiger charge is 2.43. The van der Waals surface area contributed by atoms with E-state index in [1.165, 1.54) is 25.9 Å². The Bertz CT molecular complexity index is 226. The van der Waals surface area contributed by atoms with Crippen LogP contribution in [0.5, 0.6) is 0 Å². The van der Waals surface area contributed by atoms with Crippen molar-refractivity contribution in [1.82, 2.24) is 15.1 Å². The highest BCUT2D eigenvalue weighted by atomic mass is 16.2. The average molecular weight is 197 g/mol. The Labute approximate surface area is 85.2 Å². The lowest BCUT2D eigenvalue weighted by Gasteiger charge is -2.52. The van der Waals surface area contributed by atoms with Gasteiger partial charge < -0.3 is 15.1 Å². The van der Waals surface area contributed by atoms with Crippen molar-refractivity contribution in [1.29, 1.82) is 0 Å². The van der Waals surface area contributed by atoms with Gasteiger partial charge in [-0.05, 0) is 25.3 Å². The normalized spacial score (nSPS) is 26.0. The van der Waals surface area contributed by atoms with Crippen molar-refractivity contribution in [3.05, 3.63) is 0 Å². The van der Waals surface area contributed by atoms with Gasteiger partial charge in [-0.3, -0.25) is 0 Å². The van der Waals surface area contributed by atoms with Crippen LogP contribution in [0.15, 0.2) is 0 Å². The predicted octanol–water partition coefficient (Wildman–Crippen LogP) is 0.353. The summed E-state index contributed by atoms with van der Waals surface area (Å²) in [6.45, 7) is 4.28. The van der Waals surface area contributed by atoms with Crippen LogP contribution in [0.1, 0.15) is 12.8 Å². The molecule has 0 atom stereocenters. The molecule has 1 spiro atoms. The molecule has 4 heteroatoms. The zero-order valence-electron chi connectivity index (χ0n) is 9.05. The zero-order chi connectivity index (χ0) is 10.2. The maximum Gasteiger partial charge on any atom is 0.317 e. The van der Waals surface area contributed by atoms with Gasteiger partial charge in [0.2, 0.25) is 0 Å². The first-order chi connectivity index (χ1) is 6.65. The first-order valence-corrected chi connectivity index (χ1v) is 5.30. The van der Waals surface area contributed by atoms with Crippen LogP contribution in [0.3, 0.4) is 0 Å². The molecule has 2 saturated heterocycles. The monoisotopic (exact) mass is 197 g/mol. The molecule has 2 amide bonds. The third kappa shape index (κ3) is 1.59. The van der Waals surface area contributed by atoms with Crippen LogP contribution >= 0.6 is 0 Å². The van der Waals surface area contributed by atoms with Gasteiger partial charge in [-0.15, -0.1) is 0 Å². The maximum absolute atomic E-state index is 11.4. The van der Waals surface area contributed by atoms with E-state index in [0.29, 0.717) is 5.41 Å². The smallest absolute Gasteiger partial charge is 0.317 e. The number of hydrogen-bond acceptors (Lipinski definition) is 2. The minimum atomic E-state index is 0.0764. The number of carbonyl (C=O) groups is 1. The summed E-state index contributed by atoms with van der Waals surface area (Å²) in [4.78, 5) is 15.6. The number of likely N-dealkylation sites (tertiary alicyclic amines) is 2. The van der Waals surface area contributed by atoms with Gasteiger partial charge in [-0.1, -0.05) is 0 Å². The van der Waals surface area contributed by atoms with Gasteiger partial charge in [0.25, 0.3) is 0 Å². The molecule has 2 rings (SSSR count). The van der Waals surface area contributed by atoms with E-state index < -0.39 is 0 Å². The van der Waals surface area contributed by atoms with Crippen LogP contribution in [-0.4, -0.2) is 56.1 Å². The Hall–Kier alpha value is -0.770. The Balaban J connectivity index is 1.84. The third-order valence-electron chi connectivity index (χ3n) is 3.54. The number of urea groups is 1. The van der Waals surface area contributed by atoms with E-state index in [9.17, 15) is 4.79 Å². The van der Waals surface area contributed by atoms with Crippen molar-refractivity contribution >= 4 is 6.03 Å². The molecule has 1 N–H and O–H groups in total. The number of rotatable bonds is 0. The van der Waals surface area contributed by atoms with Crippen LogP contribution in [0.25, 0.3) is 0 Å². The summed E-state index contributed by atoms with van der Waals surface area (Å²) in [5.74, 6) is 0. The molecule has 2 aliphatic heterocycles. The molecule has 0 unspecified atom stereocenters. The van der Waals surface area contributed by atoms with Crippen molar-refractivity contribution < 1.29 is 4.79 Å². The van der Waals surface area contributed by atoms with Gasteiger partial charge in [-0.25, -0.2) is 4.79 Å². The van der Waals surface area contributed by atoms with Crippen molar-refractivity contribution in [2.45, 2.75) is 12.8 Å². The first kappa shape index (κ1) is 9.77. The molecular formula is C10H19N3O. The summed E-state index contributed by atoms with van der Waals surface area (Å²) in [6.07, 6.45) is 2.34. The van der Waals surface area contributed by atoms with E-state index in [0.717, 1.165) is 13.1 Å². The van der Waals surface area contributed by atoms with Gasteiger partial charge in [0.1, 0.15) is 0 Å². The first-order valence-electron chi connectivity index (χ1n) is 5.30. The second-order valence-electron chi connectivity index (χ2n) is 4.71. The summed E-state index contributed by atoms with van der Waals surface area (Å²) < 4.78 is 0. The molecule has 0 aromatic carbocycles. The lowest BCUT2D eigenvalue weighted by atomic mass is 9.72. The second kappa shape index (κ2) is 3.42. The molecule has 0 saturated carbocycles. The molecular weight excluding hydrogens is 178 g/mol. The Morgan fingerprint density at radius 1 is 1.29 bits per heavy atom. The fraction of sp³-hybridized carbons (Fsp3) is 0.900. The average Bonchev–Trinajstić information content (AvgIpc) is 2.16. The quantitative estimate of drug-likeness (QED) is 0.608. The van der Waals surface area contributed by atoms with Gasteiger partial charge in [0, 0.05) is 33.2 Å². The highest BCUT2D eigenvalue weighted by Crippen LogP contribution is 2.39. The SMILES string of the molecule is CNC(=O)N1CCC2(CC1)CN(C)C2. The van der Waals surface area contributed by atoms with Gasteiger partial charge in [-0.2, -0.15) is 0 Å². The standard InChI is InChI=1S/C10H19N3O/c1-11-9(14)13-5-3-10(4-6-13)7-12(2)8-10/h3-8H2,1-2H3,(H,11,14). The minimum absolute atomic E-state index is 0.0764. The molecule has 80 valence electrons. The fourth-order valence-electron chi connectivity index (χ4n) is 2.76. The largest absolute Gasteiger partial charge is 0.341 e. The number of hydrogen-bond donors (Lipinski definition) is 1. The molecule has 0 bridgehead atoms. The molecule has 0 aliphatic carbocycles. The number of nitrogens with zero attached hydrogens (tertiary/aromatic N) is 2. The molecule has 0 aromatic heterocycles. The molecule has 14 heavy (non-hydrogen) atoms. The summed E-state index contributed by atoms with van der Waals surface area (Å²) >= 11 is 0. The van der Waals surface area contributed by atoms with Crippen molar-refractivity contribution in [3.63, 3.8) is 0 Å². The van der Waals surface area contributed by atoms with Crippen LogP contribution in [0, 0.1) is 5.41 Å². The number of nitrogens with one attached hydrogen (secondary N) is 1. The summed E-state index contributed by atoms with van der Waals surface area (Å²) in [6, 6.07) is 0.0764. The number of carbonyl (C=O) groups excluding carboxylic acids is 1. The number of piperidine rings is 1. The van der Waals surface area contributed by atoms with Crippen molar-refractivity contribution in [2.75, 3.05) is 40.3 Å². The van der Waals surface area contributed by atoms with E-state index in [4.69, 9.17) is 0 Å². The van der Waals surface area contributed by atoms with Gasteiger partial charge in [0.15, 0.2) is 0 Å². The molecule has 0 aromatic rings. The van der Waals surface area contributed by atoms with Gasteiger partial charge in [0.05, 0.1) is 0 Å². The molecule has 0 radical (unpaired) electrons. The Kier molecular flexibility index (Phi) is 2.39. The van der Waals surface area contributed by atoms with E-state index in [1.54, 1.807) is 7.05 Å². The van der Waals surface area contributed by atoms with Crippen LogP contribution in [0.2, 0.25) is 0 Å². The van der Waals surface area contributed by atoms with E-state index in [1.807, 2.05) is 4.90 Å². The van der Waals surface area contributed by atoms with Crippen LogP contribution in [0.4, 0.5) is 4.79 Å². The molecule has 2 aliphatic rings. The third-order valence-corrected chi connectivity index (χ3v) is 3.54. The molecule has 4 nitrogen and oxygen atoms in total. The second-order valence-corrected chi connectivity index (χ2v) is 4.71. The van der Waals surface area contributed by atoms with Crippen LogP contribution < -0.4 is 5.32 Å². The van der Waals surface area contributed by atoms with E-state index >= 15 is 0 Å². The minimum Gasteiger partial charge on any atom is -0.341 e. The summed E-state index contributed by atoms with van der Waals surface area (Å²) in [5, 5.41) is 2.68. The molecule has 2 fully saturated rings. The summed E-state index contributed by atoms with van der Waals surface area (Å²) in [5.41, 5.74) is 0.541. The Morgan fingerprint density at radius 2 is 1.86 bits per heavy atom. The maximum atomic E-state index is 11.4. The Morgan fingerprint density at radius 3 is 2.29 bits per heavy atom. The van der Waals surface area contributed by atoms with E-state index in [2.05, 4.69) is 17.3 Å². The predicted molar refractivity (Wildman–Crippen MR) is 55.2 cm³/mol. The lowest BCUT2D eigenvalue weighted by molar-refractivity contribution is -0.0231. The zero-order valence-corrected chi connectivity index (χ0v) is 9.05. The lowest BCUT2D eigenvalue weighted by Crippen LogP contribution is -2.59. The number of amides is 2. The van der Waals surface area contributed by atoms with E-state index in [-0.39, 0.29) is 6.03 Å². The highest BCUT2D eigenvalue weighted by molar-refractivity contribution is 5.73.